The highest BCUT2D eigenvalue weighted by Gasteiger charge is 2.09. The molecule has 1 unspecified atom stereocenters. The molecule has 0 aromatic heterocycles. The van der Waals surface area contributed by atoms with Crippen molar-refractivity contribution in [3.8, 4) is 0 Å². The van der Waals surface area contributed by atoms with Crippen LogP contribution in [-0.4, -0.2) is 6.04 Å². The van der Waals surface area contributed by atoms with Crippen molar-refractivity contribution in [2.24, 2.45) is 0 Å². The van der Waals surface area contributed by atoms with Crippen LogP contribution in [0.4, 0.5) is 0 Å². The summed E-state index contributed by atoms with van der Waals surface area (Å²) in [5.74, 6) is 0. The highest BCUT2D eigenvalue weighted by Crippen LogP contribution is 2.11. The van der Waals surface area contributed by atoms with Gasteiger partial charge >= 0.3 is 0 Å². The largest absolute Gasteiger partial charge is 0.381 e. The molecular formula is C10H13N. The zero-order chi connectivity index (χ0) is 8.10. The first-order chi connectivity index (χ1) is 5.38. The van der Waals surface area contributed by atoms with E-state index < -0.39 is 0 Å². The maximum atomic E-state index is 3.66. The summed E-state index contributed by atoms with van der Waals surface area (Å²) in [6, 6.07) is 0.345. The van der Waals surface area contributed by atoms with Gasteiger partial charge in [0.15, 0.2) is 0 Å². The Morgan fingerprint density at radius 1 is 1.64 bits per heavy atom. The molecule has 0 fully saturated rings. The molecule has 1 N–H and O–H groups in total. The molecule has 0 spiro atoms. The van der Waals surface area contributed by atoms with Crippen molar-refractivity contribution in [3.05, 3.63) is 48.7 Å². The Balaban J connectivity index is 2.70. The first kappa shape index (κ1) is 7.86. The van der Waals surface area contributed by atoms with Gasteiger partial charge in [-0.05, 0) is 24.8 Å². The summed E-state index contributed by atoms with van der Waals surface area (Å²) in [5.41, 5.74) is 1.26. The molecule has 0 saturated heterocycles. The molecule has 0 saturated carbocycles. The molecule has 0 aromatic rings. The van der Waals surface area contributed by atoms with Gasteiger partial charge in [-0.1, -0.05) is 30.9 Å². The summed E-state index contributed by atoms with van der Waals surface area (Å²) in [6.07, 6.45) is 12.0. The van der Waals surface area contributed by atoms with Gasteiger partial charge in [0.05, 0.1) is 6.04 Å². The zero-order valence-electron chi connectivity index (χ0n) is 6.75. The maximum absolute atomic E-state index is 3.66. The van der Waals surface area contributed by atoms with Crippen LogP contribution in [0.25, 0.3) is 0 Å². The average molecular weight is 147 g/mol. The van der Waals surface area contributed by atoms with E-state index in [1.165, 1.54) is 5.57 Å². The minimum absolute atomic E-state index is 0.345. The fraction of sp³-hybridized carbons (Fsp3) is 0.200. The molecule has 1 nitrogen and oxygen atoms in total. The Hall–Kier alpha value is -1.24. The Morgan fingerprint density at radius 2 is 2.45 bits per heavy atom. The van der Waals surface area contributed by atoms with Gasteiger partial charge in [-0.2, -0.15) is 0 Å². The lowest BCUT2D eigenvalue weighted by atomic mass is 10.1. The van der Waals surface area contributed by atoms with Gasteiger partial charge in [0.1, 0.15) is 0 Å². The van der Waals surface area contributed by atoms with Gasteiger partial charge < -0.3 is 5.32 Å². The summed E-state index contributed by atoms with van der Waals surface area (Å²) in [4.78, 5) is 0. The Bertz CT molecular complexity index is 221. The first-order valence-corrected chi connectivity index (χ1v) is 3.76. The molecule has 0 amide bonds. The zero-order valence-corrected chi connectivity index (χ0v) is 6.75. The van der Waals surface area contributed by atoms with E-state index in [2.05, 4.69) is 24.0 Å². The normalized spacial score (nSPS) is 26.3. The second kappa shape index (κ2) is 3.81. The highest BCUT2D eigenvalue weighted by molar-refractivity contribution is 5.36. The molecule has 1 aliphatic heterocycles. The van der Waals surface area contributed by atoms with Crippen LogP contribution in [0.1, 0.15) is 6.92 Å². The quantitative estimate of drug-likeness (QED) is 0.590. The molecule has 0 radical (unpaired) electrons. The molecule has 0 aliphatic carbocycles. The van der Waals surface area contributed by atoms with Gasteiger partial charge in [0.25, 0.3) is 0 Å². The lowest BCUT2D eigenvalue weighted by Gasteiger charge is -2.06. The minimum Gasteiger partial charge on any atom is -0.381 e. The van der Waals surface area contributed by atoms with E-state index in [-0.39, 0.29) is 0 Å². The van der Waals surface area contributed by atoms with Crippen molar-refractivity contribution < 1.29 is 0 Å². The molecule has 58 valence electrons. The molecule has 11 heavy (non-hydrogen) atoms. The standard InChI is InChI=1S/C10H13N/c1-3-5-9-7-8-11-10(9)6-4-2/h3-8,10-11H,1H2,2H3/b6-4?,9-5-. The van der Waals surface area contributed by atoms with Crippen LogP contribution >= 0.6 is 0 Å². The third-order valence-electron chi connectivity index (χ3n) is 1.61. The minimum atomic E-state index is 0.345. The lowest BCUT2D eigenvalue weighted by molar-refractivity contribution is 0.849. The summed E-state index contributed by atoms with van der Waals surface area (Å²) in [7, 11) is 0. The van der Waals surface area contributed by atoms with Crippen LogP contribution in [0.15, 0.2) is 48.7 Å². The summed E-state index contributed by atoms with van der Waals surface area (Å²) in [5, 5.41) is 3.21. The fourth-order valence-electron chi connectivity index (χ4n) is 1.10. The van der Waals surface area contributed by atoms with Gasteiger partial charge in [0.2, 0.25) is 0 Å². The fourth-order valence-corrected chi connectivity index (χ4v) is 1.10. The predicted molar refractivity (Wildman–Crippen MR) is 49.2 cm³/mol. The van der Waals surface area contributed by atoms with Gasteiger partial charge in [-0.25, -0.2) is 0 Å². The second-order valence-electron chi connectivity index (χ2n) is 2.41. The van der Waals surface area contributed by atoms with Crippen molar-refractivity contribution in [1.82, 2.24) is 5.32 Å². The first-order valence-electron chi connectivity index (χ1n) is 3.76. The van der Waals surface area contributed by atoms with E-state index in [0.717, 1.165) is 0 Å². The van der Waals surface area contributed by atoms with Crippen LogP contribution in [0.3, 0.4) is 0 Å². The summed E-state index contributed by atoms with van der Waals surface area (Å²) >= 11 is 0. The molecule has 1 rings (SSSR count). The van der Waals surface area contributed by atoms with Crippen molar-refractivity contribution in [1.29, 1.82) is 0 Å². The van der Waals surface area contributed by atoms with Gasteiger partial charge in [-0.3, -0.25) is 0 Å². The van der Waals surface area contributed by atoms with E-state index in [1.807, 2.05) is 31.4 Å². The third kappa shape index (κ3) is 1.84. The monoisotopic (exact) mass is 147 g/mol. The maximum Gasteiger partial charge on any atom is 0.0693 e. The second-order valence-corrected chi connectivity index (χ2v) is 2.41. The van der Waals surface area contributed by atoms with Crippen LogP contribution < -0.4 is 5.32 Å². The van der Waals surface area contributed by atoms with E-state index in [4.69, 9.17) is 0 Å². The van der Waals surface area contributed by atoms with Crippen molar-refractivity contribution in [2.75, 3.05) is 0 Å². The van der Waals surface area contributed by atoms with E-state index in [9.17, 15) is 0 Å². The molecule has 1 atom stereocenters. The van der Waals surface area contributed by atoms with Crippen molar-refractivity contribution >= 4 is 0 Å². The Kier molecular flexibility index (Phi) is 2.73. The van der Waals surface area contributed by atoms with Gasteiger partial charge in [0, 0.05) is 0 Å². The van der Waals surface area contributed by atoms with Crippen LogP contribution in [-0.2, 0) is 0 Å². The number of rotatable bonds is 2. The number of hydrogen-bond donors (Lipinski definition) is 1. The molecule has 0 aromatic carbocycles. The number of allylic oxidation sites excluding steroid dienone is 3. The smallest absolute Gasteiger partial charge is 0.0693 e. The van der Waals surface area contributed by atoms with E-state index >= 15 is 0 Å². The number of nitrogens with one attached hydrogen (secondary N) is 1. The molecule has 1 aliphatic rings. The van der Waals surface area contributed by atoms with Crippen LogP contribution in [0, 0.1) is 0 Å². The number of hydrogen-bond acceptors (Lipinski definition) is 1. The van der Waals surface area contributed by atoms with E-state index in [0.29, 0.717) is 6.04 Å². The summed E-state index contributed by atoms with van der Waals surface area (Å²) < 4.78 is 0. The molecular weight excluding hydrogens is 134 g/mol. The SMILES string of the molecule is C=C/C=C1/C=CNC1C=CC. The van der Waals surface area contributed by atoms with Crippen molar-refractivity contribution in [2.45, 2.75) is 13.0 Å². The predicted octanol–water partition coefficient (Wildman–Crippen LogP) is 2.16. The molecule has 1 heteroatoms. The Morgan fingerprint density at radius 3 is 3.09 bits per heavy atom. The lowest BCUT2D eigenvalue weighted by Crippen LogP contribution is -2.17. The van der Waals surface area contributed by atoms with Crippen molar-refractivity contribution in [3.63, 3.8) is 0 Å². The topological polar surface area (TPSA) is 12.0 Å². The Labute approximate surface area is 67.8 Å². The van der Waals surface area contributed by atoms with Gasteiger partial charge in [-0.15, -0.1) is 0 Å². The summed E-state index contributed by atoms with van der Waals surface area (Å²) in [6.45, 7) is 5.68. The average Bonchev–Trinajstić information content (AvgIpc) is 2.39. The molecule has 1 heterocycles. The third-order valence-corrected chi connectivity index (χ3v) is 1.61. The van der Waals surface area contributed by atoms with E-state index in [1.54, 1.807) is 0 Å². The van der Waals surface area contributed by atoms with Crippen LogP contribution in [0.5, 0.6) is 0 Å². The highest BCUT2D eigenvalue weighted by atomic mass is 14.9. The molecule has 0 bridgehead atoms. The van der Waals surface area contributed by atoms with Crippen LogP contribution in [0.2, 0.25) is 0 Å².